The van der Waals surface area contributed by atoms with Crippen molar-refractivity contribution in [1.29, 1.82) is 0 Å². The highest BCUT2D eigenvalue weighted by Gasteiger charge is 2.19. The van der Waals surface area contributed by atoms with Gasteiger partial charge in [-0.1, -0.05) is 12.1 Å². The lowest BCUT2D eigenvalue weighted by molar-refractivity contribution is 0.0538. The van der Waals surface area contributed by atoms with Crippen molar-refractivity contribution < 1.29 is 22.4 Å². The largest absolute Gasteiger partial charge is 0.353 e. The number of benzene rings is 1. The van der Waals surface area contributed by atoms with Gasteiger partial charge in [-0.3, -0.25) is 13.9 Å². The van der Waals surface area contributed by atoms with Crippen molar-refractivity contribution in [2.45, 2.75) is 6.92 Å². The average molecular weight is 475 g/mol. The van der Waals surface area contributed by atoms with Gasteiger partial charge >= 0.3 is 0 Å². The number of anilines is 5. The molecular weight excluding hydrogens is 451 g/mol. The lowest BCUT2D eigenvalue weighted by Crippen LogP contribution is -2.26. The predicted octanol–water partition coefficient (Wildman–Crippen LogP) is 3.10. The molecule has 0 aliphatic rings. The second-order valence-electron chi connectivity index (χ2n) is 7.10. The molecule has 33 heavy (non-hydrogen) atoms. The molecule has 0 radical (unpaired) electrons. The Morgan fingerprint density at radius 2 is 1.85 bits per heavy atom. The molecule has 3 N–H and O–H groups in total. The summed E-state index contributed by atoms with van der Waals surface area (Å²) >= 11 is 0. The van der Waals surface area contributed by atoms with Crippen LogP contribution in [0.1, 0.15) is 15.9 Å². The van der Waals surface area contributed by atoms with Crippen molar-refractivity contribution in [3.63, 3.8) is 0 Å². The Labute approximate surface area is 190 Å². The van der Waals surface area contributed by atoms with E-state index in [-0.39, 0.29) is 17.2 Å². The van der Waals surface area contributed by atoms with Crippen LogP contribution < -0.4 is 20.4 Å². The van der Waals surface area contributed by atoms with Crippen LogP contribution in [0.5, 0.6) is 0 Å². The van der Waals surface area contributed by atoms with Crippen LogP contribution in [0.25, 0.3) is 0 Å². The minimum Gasteiger partial charge on any atom is -0.353 e. The molecule has 174 valence electrons. The number of sulfonamides is 1. The molecule has 2 heterocycles. The number of hydrogen-bond acceptors (Lipinski definition) is 8. The fourth-order valence-electron chi connectivity index (χ4n) is 2.90. The number of aromatic nitrogens is 2. The summed E-state index contributed by atoms with van der Waals surface area (Å²) in [5.41, 5.74) is 4.31. The number of pyridine rings is 2. The summed E-state index contributed by atoms with van der Waals surface area (Å²) in [5.74, 6) is -0.749. The third kappa shape index (κ3) is 5.93. The summed E-state index contributed by atoms with van der Waals surface area (Å²) in [6, 6.07) is 11.0. The summed E-state index contributed by atoms with van der Waals surface area (Å²) in [7, 11) is -0.822. The number of amides is 1. The maximum atomic E-state index is 13.4. The van der Waals surface area contributed by atoms with Crippen molar-refractivity contribution in [3.05, 3.63) is 65.7 Å². The van der Waals surface area contributed by atoms with Gasteiger partial charge in [-0.05, 0) is 36.8 Å². The molecule has 0 saturated carbocycles. The van der Waals surface area contributed by atoms with Crippen LogP contribution in [-0.2, 0) is 14.9 Å². The molecule has 0 spiro atoms. The first-order valence-electron chi connectivity index (χ1n) is 9.63. The molecule has 10 nitrogen and oxygen atoms in total. The highest BCUT2D eigenvalue weighted by Crippen LogP contribution is 2.33. The van der Waals surface area contributed by atoms with E-state index in [9.17, 15) is 17.6 Å². The molecule has 3 aromatic rings. The van der Waals surface area contributed by atoms with Gasteiger partial charge in [0, 0.05) is 19.3 Å². The van der Waals surface area contributed by atoms with Crippen LogP contribution in [0.4, 0.5) is 33.1 Å². The Morgan fingerprint density at radius 1 is 1.09 bits per heavy atom. The average Bonchev–Trinajstić information content (AvgIpc) is 2.74. The molecule has 1 amide bonds. The lowest BCUT2D eigenvalue weighted by Gasteiger charge is -2.22. The van der Waals surface area contributed by atoms with Crippen LogP contribution in [0.15, 0.2) is 48.7 Å². The number of carbonyl (C=O) groups excluding carboxylic acids is 1. The molecule has 0 unspecified atom stereocenters. The highest BCUT2D eigenvalue weighted by atomic mass is 32.2. The summed E-state index contributed by atoms with van der Waals surface area (Å²) in [6.45, 7) is 1.83. The number of halogens is 1. The Bertz CT molecular complexity index is 1290. The van der Waals surface area contributed by atoms with Crippen LogP contribution in [0.3, 0.4) is 0 Å². The molecule has 2 aromatic heterocycles. The van der Waals surface area contributed by atoms with Gasteiger partial charge in [0.1, 0.15) is 11.6 Å². The quantitative estimate of drug-likeness (QED) is 0.336. The first-order valence-corrected chi connectivity index (χ1v) is 11.5. The van der Waals surface area contributed by atoms with E-state index >= 15 is 0 Å². The minimum atomic E-state index is -3.55. The van der Waals surface area contributed by atoms with Crippen LogP contribution in [0, 0.1) is 12.9 Å². The topological polar surface area (TPSA) is 126 Å². The molecule has 1 aromatic carbocycles. The Balaban J connectivity index is 2.06. The zero-order chi connectivity index (χ0) is 24.2. The zero-order valence-corrected chi connectivity index (χ0v) is 19.2. The summed E-state index contributed by atoms with van der Waals surface area (Å²) in [6.07, 6.45) is 2.39. The van der Waals surface area contributed by atoms with E-state index in [1.165, 1.54) is 38.6 Å². The van der Waals surface area contributed by atoms with Gasteiger partial charge < -0.3 is 10.6 Å². The molecule has 0 saturated heterocycles. The fourth-order valence-corrected chi connectivity index (χ4v) is 3.40. The molecule has 0 atom stereocenters. The Morgan fingerprint density at radius 3 is 2.52 bits per heavy atom. The highest BCUT2D eigenvalue weighted by molar-refractivity contribution is 7.92. The molecule has 12 heteroatoms. The summed E-state index contributed by atoms with van der Waals surface area (Å²) in [4.78, 5) is 25.1. The maximum absolute atomic E-state index is 13.4. The first kappa shape index (κ1) is 23.9. The molecule has 0 aliphatic heterocycles. The van der Waals surface area contributed by atoms with Gasteiger partial charge in [0.15, 0.2) is 0 Å². The van der Waals surface area contributed by atoms with Crippen molar-refractivity contribution >= 4 is 44.6 Å². The van der Waals surface area contributed by atoms with Crippen molar-refractivity contribution in [1.82, 2.24) is 15.4 Å². The van der Waals surface area contributed by atoms with Gasteiger partial charge in [-0.15, -0.1) is 0 Å². The third-order valence-corrected chi connectivity index (χ3v) is 5.77. The summed E-state index contributed by atoms with van der Waals surface area (Å²) in [5, 5.41) is 5.97. The van der Waals surface area contributed by atoms with E-state index < -0.39 is 21.9 Å². The van der Waals surface area contributed by atoms with E-state index in [2.05, 4.69) is 26.1 Å². The Kier molecular flexibility index (Phi) is 7.09. The van der Waals surface area contributed by atoms with Crippen molar-refractivity contribution in [3.8, 4) is 0 Å². The molecular formula is C21H23FN6O4S. The number of nitrogens with one attached hydrogen (secondary N) is 3. The van der Waals surface area contributed by atoms with Crippen molar-refractivity contribution in [2.24, 2.45) is 0 Å². The number of nitrogens with zero attached hydrogens (tertiary/aromatic N) is 3. The standard InChI is InChI=1S/C21H23FN6O4S/c1-13-8-9-15(17(10-13)28(2)33(4,30)31)24-16-11-20(23-12-14(16)21(29)27-32-3)26-19-7-5-6-18(22)25-19/h5-12H,1-4H3,(H,27,29)(H2,23,24,25,26). The van der Waals surface area contributed by atoms with Gasteiger partial charge in [0.05, 0.1) is 36.0 Å². The SMILES string of the molecule is CONC(=O)c1cnc(Nc2cccc(F)n2)cc1Nc1ccc(C)cc1N(C)S(C)(=O)=O. The van der Waals surface area contributed by atoms with Gasteiger partial charge in [0.2, 0.25) is 16.0 Å². The van der Waals surface area contributed by atoms with Gasteiger partial charge in [-0.2, -0.15) is 4.39 Å². The number of hydroxylamine groups is 1. The second kappa shape index (κ2) is 9.79. The summed E-state index contributed by atoms with van der Waals surface area (Å²) < 4.78 is 38.9. The number of rotatable bonds is 8. The van der Waals surface area contributed by atoms with Gasteiger partial charge in [-0.25, -0.2) is 23.9 Å². The first-order chi connectivity index (χ1) is 15.6. The number of aryl methyl sites for hydroxylation is 1. The monoisotopic (exact) mass is 474 g/mol. The van der Waals surface area contributed by atoms with E-state index in [1.54, 1.807) is 24.3 Å². The van der Waals surface area contributed by atoms with E-state index in [0.717, 1.165) is 16.1 Å². The number of hydrogen-bond donors (Lipinski definition) is 3. The maximum Gasteiger partial charge on any atom is 0.278 e. The van der Waals surface area contributed by atoms with E-state index in [1.807, 2.05) is 6.92 Å². The molecule has 0 bridgehead atoms. The van der Waals surface area contributed by atoms with E-state index in [4.69, 9.17) is 4.84 Å². The Hall–Kier alpha value is -3.77. The second-order valence-corrected chi connectivity index (χ2v) is 9.11. The van der Waals surface area contributed by atoms with Crippen LogP contribution in [-0.4, -0.2) is 44.7 Å². The predicted molar refractivity (Wildman–Crippen MR) is 124 cm³/mol. The number of carbonyl (C=O) groups is 1. The van der Waals surface area contributed by atoms with E-state index in [0.29, 0.717) is 17.1 Å². The third-order valence-electron chi connectivity index (χ3n) is 4.57. The lowest BCUT2D eigenvalue weighted by atomic mass is 10.1. The molecule has 3 rings (SSSR count). The minimum absolute atomic E-state index is 0.128. The van der Waals surface area contributed by atoms with Crippen molar-refractivity contribution in [2.75, 3.05) is 35.4 Å². The smallest absolute Gasteiger partial charge is 0.278 e. The van der Waals surface area contributed by atoms with Crippen LogP contribution in [0.2, 0.25) is 0 Å². The van der Waals surface area contributed by atoms with Gasteiger partial charge in [0.25, 0.3) is 5.91 Å². The fraction of sp³-hybridized carbons (Fsp3) is 0.190. The van der Waals surface area contributed by atoms with Crippen LogP contribution >= 0.6 is 0 Å². The zero-order valence-electron chi connectivity index (χ0n) is 18.4. The normalized spacial score (nSPS) is 11.1. The molecule has 0 fully saturated rings. The molecule has 0 aliphatic carbocycles.